The zero-order valence-electron chi connectivity index (χ0n) is 9.31. The van der Waals surface area contributed by atoms with Crippen LogP contribution in [0, 0.1) is 6.92 Å². The van der Waals surface area contributed by atoms with Gasteiger partial charge in [-0.05, 0) is 29.8 Å². The van der Waals surface area contributed by atoms with Crippen molar-refractivity contribution in [2.75, 3.05) is 14.2 Å². The van der Waals surface area contributed by atoms with E-state index in [9.17, 15) is 0 Å². The van der Waals surface area contributed by atoms with E-state index in [0.717, 1.165) is 16.9 Å². The van der Waals surface area contributed by atoms with E-state index in [-0.39, 0.29) is 0 Å². The maximum absolute atomic E-state index is 5.27. The van der Waals surface area contributed by atoms with E-state index in [1.807, 2.05) is 19.1 Å². The molecule has 1 aromatic heterocycles. The number of methoxy groups -OCH3 is 2. The van der Waals surface area contributed by atoms with Crippen LogP contribution in [0.25, 0.3) is 11.4 Å². The van der Waals surface area contributed by atoms with Crippen molar-refractivity contribution in [2.45, 2.75) is 6.92 Å². The zero-order valence-corrected chi connectivity index (χ0v) is 9.31. The van der Waals surface area contributed by atoms with Gasteiger partial charge in [-0.1, -0.05) is 0 Å². The van der Waals surface area contributed by atoms with Gasteiger partial charge in [0.2, 0.25) is 5.82 Å². The summed E-state index contributed by atoms with van der Waals surface area (Å²) in [7, 11) is 3.22. The third kappa shape index (κ3) is 1.69. The Morgan fingerprint density at radius 3 is 2.44 bits per heavy atom. The Kier molecular flexibility index (Phi) is 2.72. The second-order valence-corrected chi connectivity index (χ2v) is 3.26. The van der Waals surface area contributed by atoms with Crippen LogP contribution in [0.5, 0.6) is 11.5 Å². The van der Waals surface area contributed by atoms with Gasteiger partial charge in [0.15, 0.2) is 0 Å². The summed E-state index contributed by atoms with van der Waals surface area (Å²) in [4.78, 5) is 0. The fourth-order valence-electron chi connectivity index (χ4n) is 1.50. The number of aryl methyl sites for hydroxylation is 1. The molecule has 0 amide bonds. The number of tetrazole rings is 1. The molecule has 0 saturated heterocycles. The van der Waals surface area contributed by atoms with E-state index in [1.54, 1.807) is 14.2 Å². The van der Waals surface area contributed by atoms with Crippen LogP contribution < -0.4 is 9.47 Å². The Labute approximate surface area is 92.6 Å². The number of nitrogens with zero attached hydrogens (tertiary/aromatic N) is 3. The molecule has 0 radical (unpaired) electrons. The number of hydrogen-bond acceptors (Lipinski definition) is 5. The highest BCUT2D eigenvalue weighted by atomic mass is 16.5. The highest BCUT2D eigenvalue weighted by Gasteiger charge is 2.13. The molecule has 1 heterocycles. The van der Waals surface area contributed by atoms with Crippen molar-refractivity contribution in [1.82, 2.24) is 20.6 Å². The quantitative estimate of drug-likeness (QED) is 0.841. The Hall–Kier alpha value is -2.11. The molecule has 6 nitrogen and oxygen atoms in total. The summed E-state index contributed by atoms with van der Waals surface area (Å²) in [5.74, 6) is 1.94. The van der Waals surface area contributed by atoms with Crippen molar-refractivity contribution in [3.05, 3.63) is 17.7 Å². The lowest BCUT2D eigenvalue weighted by Gasteiger charge is -2.10. The van der Waals surface area contributed by atoms with Crippen LogP contribution in [0.3, 0.4) is 0 Å². The predicted molar refractivity (Wildman–Crippen MR) is 57.5 cm³/mol. The number of H-pyrrole nitrogens is 1. The lowest BCUT2D eigenvalue weighted by molar-refractivity contribution is 0.401. The van der Waals surface area contributed by atoms with Gasteiger partial charge in [-0.15, -0.1) is 10.2 Å². The molecule has 2 rings (SSSR count). The smallest absolute Gasteiger partial charge is 0.208 e. The summed E-state index contributed by atoms with van der Waals surface area (Å²) in [5.41, 5.74) is 1.74. The van der Waals surface area contributed by atoms with Gasteiger partial charge in [0.05, 0.1) is 19.8 Å². The first-order chi connectivity index (χ1) is 7.76. The minimum atomic E-state index is 0.482. The van der Waals surface area contributed by atoms with Crippen molar-refractivity contribution >= 4 is 0 Å². The topological polar surface area (TPSA) is 72.9 Å². The number of ether oxygens (including phenoxy) is 2. The molecular weight excluding hydrogens is 208 g/mol. The number of hydrogen-bond donors (Lipinski definition) is 1. The fraction of sp³-hybridized carbons (Fsp3) is 0.300. The van der Waals surface area contributed by atoms with E-state index in [2.05, 4.69) is 20.6 Å². The van der Waals surface area contributed by atoms with Gasteiger partial charge in [-0.3, -0.25) is 0 Å². The molecule has 6 heteroatoms. The highest BCUT2D eigenvalue weighted by Crippen LogP contribution is 2.33. The number of aromatic nitrogens is 4. The Balaban J connectivity index is 2.58. The SMILES string of the molecule is COc1cc(-c2nn[nH]n2)c(OC)cc1C. The molecule has 0 fully saturated rings. The minimum absolute atomic E-state index is 0.482. The molecule has 0 aliphatic rings. The first-order valence-electron chi connectivity index (χ1n) is 4.72. The zero-order chi connectivity index (χ0) is 11.5. The van der Waals surface area contributed by atoms with E-state index < -0.39 is 0 Å². The molecule has 1 aromatic carbocycles. The van der Waals surface area contributed by atoms with Crippen molar-refractivity contribution in [3.63, 3.8) is 0 Å². The van der Waals surface area contributed by atoms with E-state index >= 15 is 0 Å². The second kappa shape index (κ2) is 4.18. The van der Waals surface area contributed by atoms with Gasteiger partial charge in [0.1, 0.15) is 11.5 Å². The number of rotatable bonds is 3. The Morgan fingerprint density at radius 2 is 1.88 bits per heavy atom. The van der Waals surface area contributed by atoms with Crippen LogP contribution in [0.1, 0.15) is 5.56 Å². The monoisotopic (exact) mass is 220 g/mol. The van der Waals surface area contributed by atoms with Crippen LogP contribution in [-0.4, -0.2) is 34.8 Å². The largest absolute Gasteiger partial charge is 0.496 e. The lowest BCUT2D eigenvalue weighted by atomic mass is 10.1. The van der Waals surface area contributed by atoms with Gasteiger partial charge in [0, 0.05) is 0 Å². The van der Waals surface area contributed by atoms with Crippen LogP contribution in [0.4, 0.5) is 0 Å². The Bertz CT molecular complexity index is 482. The van der Waals surface area contributed by atoms with Gasteiger partial charge in [-0.25, -0.2) is 0 Å². The van der Waals surface area contributed by atoms with Crippen LogP contribution in [0.2, 0.25) is 0 Å². The van der Waals surface area contributed by atoms with E-state index in [0.29, 0.717) is 11.6 Å². The number of nitrogens with one attached hydrogen (secondary N) is 1. The second-order valence-electron chi connectivity index (χ2n) is 3.26. The van der Waals surface area contributed by atoms with Crippen LogP contribution in [0.15, 0.2) is 12.1 Å². The van der Waals surface area contributed by atoms with Crippen LogP contribution >= 0.6 is 0 Å². The summed E-state index contributed by atoms with van der Waals surface area (Å²) in [6, 6.07) is 3.71. The third-order valence-corrected chi connectivity index (χ3v) is 2.30. The number of benzene rings is 1. The predicted octanol–water partition coefficient (Wildman–Crippen LogP) is 1.19. The standard InChI is InChI=1S/C10H12N4O2/c1-6-4-9(16-3)7(5-8(6)15-2)10-11-13-14-12-10/h4-5H,1-3H3,(H,11,12,13,14). The summed E-state index contributed by atoms with van der Waals surface area (Å²) in [6.07, 6.45) is 0. The molecule has 0 aliphatic heterocycles. The molecule has 0 aliphatic carbocycles. The van der Waals surface area contributed by atoms with Gasteiger partial charge >= 0.3 is 0 Å². The highest BCUT2D eigenvalue weighted by molar-refractivity contribution is 5.67. The van der Waals surface area contributed by atoms with E-state index in [4.69, 9.17) is 9.47 Å². The molecule has 0 saturated carbocycles. The molecule has 0 bridgehead atoms. The van der Waals surface area contributed by atoms with Crippen molar-refractivity contribution in [2.24, 2.45) is 0 Å². The summed E-state index contributed by atoms with van der Waals surface area (Å²) >= 11 is 0. The van der Waals surface area contributed by atoms with E-state index in [1.165, 1.54) is 0 Å². The lowest BCUT2D eigenvalue weighted by Crippen LogP contribution is -1.94. The maximum Gasteiger partial charge on any atom is 0.208 e. The van der Waals surface area contributed by atoms with Gasteiger partial charge in [-0.2, -0.15) is 5.21 Å². The summed E-state index contributed by atoms with van der Waals surface area (Å²) in [5, 5.41) is 13.8. The molecule has 0 atom stereocenters. The molecule has 16 heavy (non-hydrogen) atoms. The van der Waals surface area contributed by atoms with Gasteiger partial charge < -0.3 is 9.47 Å². The molecule has 1 N–H and O–H groups in total. The van der Waals surface area contributed by atoms with Crippen molar-refractivity contribution < 1.29 is 9.47 Å². The molecule has 0 unspecified atom stereocenters. The molecule has 0 spiro atoms. The van der Waals surface area contributed by atoms with Crippen molar-refractivity contribution in [1.29, 1.82) is 0 Å². The van der Waals surface area contributed by atoms with Gasteiger partial charge in [0.25, 0.3) is 0 Å². The fourth-order valence-corrected chi connectivity index (χ4v) is 1.50. The third-order valence-electron chi connectivity index (χ3n) is 2.30. The Morgan fingerprint density at radius 1 is 1.12 bits per heavy atom. The normalized spacial score (nSPS) is 10.2. The average molecular weight is 220 g/mol. The maximum atomic E-state index is 5.27. The molecular formula is C10H12N4O2. The van der Waals surface area contributed by atoms with Crippen LogP contribution in [-0.2, 0) is 0 Å². The summed E-state index contributed by atoms with van der Waals surface area (Å²) in [6.45, 7) is 1.95. The summed E-state index contributed by atoms with van der Waals surface area (Å²) < 4.78 is 10.5. The minimum Gasteiger partial charge on any atom is -0.496 e. The molecule has 84 valence electrons. The first-order valence-corrected chi connectivity index (χ1v) is 4.72. The average Bonchev–Trinajstić information content (AvgIpc) is 2.82. The van der Waals surface area contributed by atoms with Crippen molar-refractivity contribution in [3.8, 4) is 22.9 Å². The number of aromatic amines is 1. The first kappa shape index (κ1) is 10.4. The molecule has 2 aromatic rings.